The van der Waals surface area contributed by atoms with Crippen LogP contribution >= 0.6 is 50.3 Å². The molecule has 1 aliphatic heterocycles. The minimum absolute atomic E-state index is 0.114. The number of nitrogens with one attached hydrogen (secondary N) is 1. The molecule has 0 bridgehead atoms. The maximum absolute atomic E-state index is 12.0. The first kappa shape index (κ1) is 15.8. The predicted molar refractivity (Wildman–Crippen MR) is 104 cm³/mol. The Labute approximate surface area is 154 Å². The van der Waals surface area contributed by atoms with Gasteiger partial charge in [0.1, 0.15) is 0 Å². The minimum atomic E-state index is -0.114. The standard InChI is InChI=1S/C16H10BrIN2OS/c17-11-2-1-3-13(9-11)19-16-20-15(21)14(22-16)8-10-4-6-12(18)7-5-10/h1-9H,(H,19,20,21)/b14-8-. The fourth-order valence-electron chi connectivity index (χ4n) is 1.85. The molecule has 0 aromatic heterocycles. The van der Waals surface area contributed by atoms with Crippen LogP contribution in [0, 0.1) is 3.57 Å². The first-order valence-corrected chi connectivity index (χ1v) is 9.10. The maximum Gasteiger partial charge on any atom is 0.264 e. The molecule has 110 valence electrons. The van der Waals surface area contributed by atoms with Crippen LogP contribution in [0.4, 0.5) is 5.69 Å². The van der Waals surface area contributed by atoms with Crippen molar-refractivity contribution in [1.29, 1.82) is 0 Å². The number of carbonyl (C=O) groups excluding carboxylic acids is 1. The summed E-state index contributed by atoms with van der Waals surface area (Å²) < 4.78 is 2.12. The van der Waals surface area contributed by atoms with E-state index in [0.29, 0.717) is 10.1 Å². The van der Waals surface area contributed by atoms with Crippen LogP contribution in [0.15, 0.2) is 62.9 Å². The van der Waals surface area contributed by atoms with Crippen molar-refractivity contribution in [2.75, 3.05) is 0 Å². The molecule has 0 radical (unpaired) electrons. The van der Waals surface area contributed by atoms with E-state index in [4.69, 9.17) is 0 Å². The van der Waals surface area contributed by atoms with E-state index in [1.807, 2.05) is 54.6 Å². The zero-order valence-corrected chi connectivity index (χ0v) is 15.8. The topological polar surface area (TPSA) is 41.5 Å². The second-order valence-corrected chi connectivity index (χ2v) is 7.71. The molecule has 6 heteroatoms. The van der Waals surface area contributed by atoms with Gasteiger partial charge >= 0.3 is 0 Å². The monoisotopic (exact) mass is 484 g/mol. The van der Waals surface area contributed by atoms with Crippen LogP contribution in [-0.2, 0) is 4.79 Å². The summed E-state index contributed by atoms with van der Waals surface area (Å²) >= 11 is 7.02. The molecule has 1 amide bonds. The number of carbonyl (C=O) groups is 1. The van der Waals surface area contributed by atoms with E-state index >= 15 is 0 Å². The van der Waals surface area contributed by atoms with Crippen molar-refractivity contribution in [2.24, 2.45) is 4.99 Å². The number of amides is 1. The van der Waals surface area contributed by atoms with Gasteiger partial charge in [-0.05, 0) is 76.3 Å². The van der Waals surface area contributed by atoms with E-state index in [1.54, 1.807) is 0 Å². The van der Waals surface area contributed by atoms with Gasteiger partial charge in [-0.3, -0.25) is 4.79 Å². The Morgan fingerprint density at radius 3 is 2.68 bits per heavy atom. The van der Waals surface area contributed by atoms with Crippen molar-refractivity contribution in [2.45, 2.75) is 0 Å². The molecule has 0 spiro atoms. The van der Waals surface area contributed by atoms with Gasteiger partial charge in [-0.2, -0.15) is 0 Å². The zero-order chi connectivity index (χ0) is 15.5. The molecule has 1 fully saturated rings. The summed E-state index contributed by atoms with van der Waals surface area (Å²) in [5.41, 5.74) is 1.80. The van der Waals surface area contributed by atoms with Gasteiger partial charge in [0.2, 0.25) is 0 Å². The predicted octanol–water partition coefficient (Wildman–Crippen LogP) is 4.95. The van der Waals surface area contributed by atoms with E-state index in [0.717, 1.165) is 15.7 Å². The van der Waals surface area contributed by atoms with Crippen LogP contribution in [0.3, 0.4) is 0 Å². The van der Waals surface area contributed by atoms with E-state index in [1.165, 1.54) is 15.3 Å². The van der Waals surface area contributed by atoms with E-state index in [2.05, 4.69) is 48.8 Å². The first-order chi connectivity index (χ1) is 10.6. The minimum Gasteiger partial charge on any atom is -0.300 e. The van der Waals surface area contributed by atoms with Gasteiger partial charge in [0.15, 0.2) is 5.17 Å². The second kappa shape index (κ2) is 6.97. The summed E-state index contributed by atoms with van der Waals surface area (Å²) in [7, 11) is 0. The molecular formula is C16H10BrIN2OS. The Morgan fingerprint density at radius 1 is 1.18 bits per heavy atom. The highest BCUT2D eigenvalue weighted by atomic mass is 127. The highest BCUT2D eigenvalue weighted by Crippen LogP contribution is 2.28. The quantitative estimate of drug-likeness (QED) is 0.484. The Morgan fingerprint density at radius 2 is 1.95 bits per heavy atom. The number of thioether (sulfide) groups is 1. The second-order valence-electron chi connectivity index (χ2n) is 4.51. The number of amidine groups is 1. The number of hydrogen-bond acceptors (Lipinski definition) is 3. The van der Waals surface area contributed by atoms with Crippen LogP contribution in [-0.4, -0.2) is 11.1 Å². The lowest BCUT2D eigenvalue weighted by Crippen LogP contribution is -2.19. The van der Waals surface area contributed by atoms with Crippen molar-refractivity contribution >= 4 is 73.1 Å². The Kier molecular flexibility index (Phi) is 5.00. The van der Waals surface area contributed by atoms with Gasteiger partial charge in [-0.1, -0.05) is 34.1 Å². The van der Waals surface area contributed by atoms with E-state index in [-0.39, 0.29) is 5.91 Å². The number of halogens is 2. The van der Waals surface area contributed by atoms with Crippen LogP contribution < -0.4 is 5.32 Å². The normalized spacial score (nSPS) is 18.0. The van der Waals surface area contributed by atoms with Gasteiger partial charge in [0.05, 0.1) is 10.6 Å². The number of benzene rings is 2. The smallest absolute Gasteiger partial charge is 0.264 e. The summed E-state index contributed by atoms with van der Waals surface area (Å²) in [5.74, 6) is -0.114. The van der Waals surface area contributed by atoms with Gasteiger partial charge < -0.3 is 5.32 Å². The molecule has 0 saturated carbocycles. The number of nitrogens with zero attached hydrogens (tertiary/aromatic N) is 1. The van der Waals surface area contributed by atoms with Crippen LogP contribution in [0.1, 0.15) is 5.56 Å². The van der Waals surface area contributed by atoms with Crippen molar-refractivity contribution in [3.63, 3.8) is 0 Å². The molecule has 0 unspecified atom stereocenters. The number of hydrogen-bond donors (Lipinski definition) is 1. The average molecular weight is 485 g/mol. The number of rotatable bonds is 2. The third-order valence-corrected chi connectivity index (χ3v) is 4.98. The summed E-state index contributed by atoms with van der Waals surface area (Å²) in [4.78, 5) is 17.1. The molecule has 1 saturated heterocycles. The third-order valence-electron chi connectivity index (χ3n) is 2.86. The Hall–Kier alpha value is -1.12. The summed E-state index contributed by atoms with van der Waals surface area (Å²) in [6, 6.07) is 15.7. The molecule has 1 N–H and O–H groups in total. The Balaban J connectivity index is 1.82. The van der Waals surface area contributed by atoms with E-state index in [9.17, 15) is 4.79 Å². The molecular weight excluding hydrogens is 475 g/mol. The lowest BCUT2D eigenvalue weighted by molar-refractivity contribution is -0.115. The molecule has 0 atom stereocenters. The summed E-state index contributed by atoms with van der Waals surface area (Å²) in [6.45, 7) is 0. The van der Waals surface area contributed by atoms with Crippen LogP contribution in [0.25, 0.3) is 6.08 Å². The number of aliphatic imine (C=N–C) groups is 1. The van der Waals surface area contributed by atoms with Crippen molar-refractivity contribution in [1.82, 2.24) is 5.32 Å². The van der Waals surface area contributed by atoms with E-state index < -0.39 is 0 Å². The molecule has 1 aliphatic rings. The lowest BCUT2D eigenvalue weighted by Gasteiger charge is -1.97. The average Bonchev–Trinajstić information content (AvgIpc) is 2.81. The first-order valence-electron chi connectivity index (χ1n) is 6.41. The maximum atomic E-state index is 12.0. The zero-order valence-electron chi connectivity index (χ0n) is 11.2. The lowest BCUT2D eigenvalue weighted by atomic mass is 10.2. The van der Waals surface area contributed by atoms with Crippen molar-refractivity contribution in [3.05, 3.63) is 67.0 Å². The van der Waals surface area contributed by atoms with Crippen molar-refractivity contribution in [3.8, 4) is 0 Å². The molecule has 3 rings (SSSR count). The fourth-order valence-corrected chi connectivity index (χ4v) is 3.44. The third kappa shape index (κ3) is 3.99. The van der Waals surface area contributed by atoms with Crippen LogP contribution in [0.2, 0.25) is 0 Å². The van der Waals surface area contributed by atoms with Gasteiger partial charge in [0, 0.05) is 8.04 Å². The van der Waals surface area contributed by atoms with Crippen LogP contribution in [0.5, 0.6) is 0 Å². The molecule has 1 heterocycles. The molecule has 2 aromatic rings. The molecule has 22 heavy (non-hydrogen) atoms. The molecule has 2 aromatic carbocycles. The fraction of sp³-hybridized carbons (Fsp3) is 0. The van der Waals surface area contributed by atoms with Crippen molar-refractivity contribution < 1.29 is 4.79 Å². The molecule has 3 nitrogen and oxygen atoms in total. The summed E-state index contributed by atoms with van der Waals surface area (Å²) in [5, 5.41) is 3.39. The van der Waals surface area contributed by atoms with Gasteiger partial charge in [-0.15, -0.1) is 0 Å². The highest BCUT2D eigenvalue weighted by molar-refractivity contribution is 14.1. The Bertz CT molecular complexity index is 787. The largest absolute Gasteiger partial charge is 0.300 e. The molecule has 0 aliphatic carbocycles. The highest BCUT2D eigenvalue weighted by Gasteiger charge is 2.23. The van der Waals surface area contributed by atoms with Gasteiger partial charge in [-0.25, -0.2) is 4.99 Å². The SMILES string of the molecule is O=C1NC(=Nc2cccc(Br)c2)S/C1=C\c1ccc(I)cc1. The van der Waals surface area contributed by atoms with Gasteiger partial charge in [0.25, 0.3) is 5.91 Å². The summed E-state index contributed by atoms with van der Waals surface area (Å²) in [6.07, 6.45) is 1.87.